The zero-order valence-corrected chi connectivity index (χ0v) is 9.46. The standard InChI is InChI=1S/C12H15N3/c1-4-5-6-7-8-11-10(2)15(3)14-12(11)9-13/h4-6H2,1-3H3. The molecule has 0 bridgehead atoms. The van der Waals surface area contributed by atoms with Crippen molar-refractivity contribution in [3.63, 3.8) is 0 Å². The molecule has 1 heterocycles. The summed E-state index contributed by atoms with van der Waals surface area (Å²) in [5.41, 5.74) is 2.16. The quantitative estimate of drug-likeness (QED) is 0.543. The Kier molecular flexibility index (Phi) is 3.94. The molecular formula is C12H15N3. The number of nitrogens with zero attached hydrogens (tertiary/aromatic N) is 3. The number of nitriles is 1. The highest BCUT2D eigenvalue weighted by molar-refractivity contribution is 5.47. The Labute approximate surface area is 90.7 Å². The molecule has 0 saturated heterocycles. The van der Waals surface area contributed by atoms with E-state index in [0.29, 0.717) is 5.69 Å². The van der Waals surface area contributed by atoms with E-state index < -0.39 is 0 Å². The zero-order chi connectivity index (χ0) is 11.3. The molecule has 0 unspecified atom stereocenters. The molecule has 0 fully saturated rings. The molecule has 0 N–H and O–H groups in total. The van der Waals surface area contributed by atoms with Gasteiger partial charge in [-0.3, -0.25) is 4.68 Å². The highest BCUT2D eigenvalue weighted by atomic mass is 15.3. The van der Waals surface area contributed by atoms with Crippen molar-refractivity contribution < 1.29 is 0 Å². The first-order valence-corrected chi connectivity index (χ1v) is 5.13. The Bertz CT molecular complexity index is 438. The molecule has 0 radical (unpaired) electrons. The van der Waals surface area contributed by atoms with Crippen molar-refractivity contribution in [3.8, 4) is 17.9 Å². The molecule has 0 atom stereocenters. The van der Waals surface area contributed by atoms with Crippen molar-refractivity contribution >= 4 is 0 Å². The number of hydrogen-bond acceptors (Lipinski definition) is 2. The van der Waals surface area contributed by atoms with E-state index in [4.69, 9.17) is 5.26 Å². The van der Waals surface area contributed by atoms with Gasteiger partial charge in [-0.25, -0.2) is 0 Å². The molecule has 3 nitrogen and oxygen atoms in total. The minimum absolute atomic E-state index is 0.430. The smallest absolute Gasteiger partial charge is 0.178 e. The normalized spacial score (nSPS) is 9.20. The van der Waals surface area contributed by atoms with Crippen LogP contribution in [0.5, 0.6) is 0 Å². The van der Waals surface area contributed by atoms with Crippen molar-refractivity contribution in [2.45, 2.75) is 33.1 Å². The Morgan fingerprint density at radius 3 is 2.80 bits per heavy atom. The van der Waals surface area contributed by atoms with E-state index >= 15 is 0 Å². The second-order valence-electron chi connectivity index (χ2n) is 3.45. The molecule has 0 aliphatic rings. The van der Waals surface area contributed by atoms with Gasteiger partial charge in [0, 0.05) is 13.5 Å². The number of rotatable bonds is 2. The molecule has 0 aromatic carbocycles. The van der Waals surface area contributed by atoms with Crippen LogP contribution in [-0.4, -0.2) is 9.78 Å². The fraction of sp³-hybridized carbons (Fsp3) is 0.500. The number of unbranched alkanes of at least 4 members (excludes halogenated alkanes) is 2. The van der Waals surface area contributed by atoms with Gasteiger partial charge in [0.05, 0.1) is 11.3 Å². The third kappa shape index (κ3) is 2.60. The highest BCUT2D eigenvalue weighted by Crippen LogP contribution is 2.10. The van der Waals surface area contributed by atoms with Gasteiger partial charge in [0.25, 0.3) is 0 Å². The van der Waals surface area contributed by atoms with Crippen LogP contribution in [0.1, 0.15) is 43.1 Å². The van der Waals surface area contributed by atoms with E-state index in [9.17, 15) is 0 Å². The molecule has 78 valence electrons. The Balaban J connectivity index is 2.92. The molecular weight excluding hydrogens is 186 g/mol. The summed E-state index contributed by atoms with van der Waals surface area (Å²) in [5.74, 6) is 6.11. The van der Waals surface area contributed by atoms with E-state index in [1.807, 2.05) is 14.0 Å². The Morgan fingerprint density at radius 1 is 1.47 bits per heavy atom. The lowest BCUT2D eigenvalue weighted by Crippen LogP contribution is -1.92. The van der Waals surface area contributed by atoms with E-state index in [2.05, 4.69) is 29.9 Å². The Morgan fingerprint density at radius 2 is 2.20 bits per heavy atom. The van der Waals surface area contributed by atoms with Crippen molar-refractivity contribution in [2.24, 2.45) is 7.05 Å². The average Bonchev–Trinajstić information content (AvgIpc) is 2.51. The molecule has 1 aromatic rings. The monoisotopic (exact) mass is 201 g/mol. The van der Waals surface area contributed by atoms with Gasteiger partial charge in [-0.2, -0.15) is 10.4 Å². The SMILES string of the molecule is CCCCC#Cc1c(C#N)nn(C)c1C. The molecule has 0 aliphatic heterocycles. The lowest BCUT2D eigenvalue weighted by Gasteiger charge is -1.91. The molecule has 15 heavy (non-hydrogen) atoms. The van der Waals surface area contributed by atoms with Gasteiger partial charge in [0.1, 0.15) is 6.07 Å². The fourth-order valence-electron chi connectivity index (χ4n) is 1.25. The van der Waals surface area contributed by atoms with Crippen LogP contribution in [0.4, 0.5) is 0 Å². The van der Waals surface area contributed by atoms with Gasteiger partial charge in [0.2, 0.25) is 0 Å². The van der Waals surface area contributed by atoms with Crippen LogP contribution in [0, 0.1) is 30.1 Å². The molecule has 0 aliphatic carbocycles. The maximum Gasteiger partial charge on any atom is 0.178 e. The molecule has 1 rings (SSSR count). The van der Waals surface area contributed by atoms with E-state index in [1.54, 1.807) is 4.68 Å². The molecule has 1 aromatic heterocycles. The summed E-state index contributed by atoms with van der Waals surface area (Å²) < 4.78 is 1.70. The molecule has 0 spiro atoms. The number of aromatic nitrogens is 2. The summed E-state index contributed by atoms with van der Waals surface area (Å²) >= 11 is 0. The summed E-state index contributed by atoms with van der Waals surface area (Å²) in [6, 6.07) is 2.06. The lowest BCUT2D eigenvalue weighted by molar-refractivity contribution is 0.736. The van der Waals surface area contributed by atoms with Gasteiger partial charge < -0.3 is 0 Å². The Hall–Kier alpha value is -1.74. The van der Waals surface area contributed by atoms with Crippen molar-refractivity contribution in [3.05, 3.63) is 17.0 Å². The van der Waals surface area contributed by atoms with Crippen LogP contribution in [0.3, 0.4) is 0 Å². The average molecular weight is 201 g/mol. The summed E-state index contributed by atoms with van der Waals surface area (Å²) in [7, 11) is 1.83. The van der Waals surface area contributed by atoms with Crippen LogP contribution in [0.2, 0.25) is 0 Å². The van der Waals surface area contributed by atoms with Gasteiger partial charge in [-0.1, -0.05) is 25.2 Å². The topological polar surface area (TPSA) is 41.6 Å². The van der Waals surface area contributed by atoms with E-state index in [-0.39, 0.29) is 0 Å². The maximum atomic E-state index is 8.87. The second-order valence-corrected chi connectivity index (χ2v) is 3.45. The van der Waals surface area contributed by atoms with Crippen LogP contribution in [0.25, 0.3) is 0 Å². The van der Waals surface area contributed by atoms with Gasteiger partial charge in [0.15, 0.2) is 5.69 Å². The number of hydrogen-bond donors (Lipinski definition) is 0. The summed E-state index contributed by atoms with van der Waals surface area (Å²) in [4.78, 5) is 0. The van der Waals surface area contributed by atoms with Gasteiger partial charge in [-0.15, -0.1) is 0 Å². The fourth-order valence-corrected chi connectivity index (χ4v) is 1.25. The largest absolute Gasteiger partial charge is 0.270 e. The first-order chi connectivity index (χ1) is 7.20. The minimum Gasteiger partial charge on any atom is -0.270 e. The van der Waals surface area contributed by atoms with Crippen molar-refractivity contribution in [1.29, 1.82) is 5.26 Å². The van der Waals surface area contributed by atoms with Crippen LogP contribution in [-0.2, 0) is 7.05 Å². The van der Waals surface area contributed by atoms with Crippen LogP contribution >= 0.6 is 0 Å². The van der Waals surface area contributed by atoms with Gasteiger partial charge in [-0.05, 0) is 13.3 Å². The summed E-state index contributed by atoms with van der Waals surface area (Å²) in [5, 5.41) is 12.9. The summed E-state index contributed by atoms with van der Waals surface area (Å²) in [6.07, 6.45) is 3.13. The minimum atomic E-state index is 0.430. The van der Waals surface area contributed by atoms with Crippen LogP contribution in [0.15, 0.2) is 0 Å². The zero-order valence-electron chi connectivity index (χ0n) is 9.46. The summed E-state index contributed by atoms with van der Waals surface area (Å²) in [6.45, 7) is 4.06. The van der Waals surface area contributed by atoms with Crippen LogP contribution < -0.4 is 0 Å². The predicted octanol–water partition coefficient (Wildman–Crippen LogP) is 2.14. The molecule has 0 amide bonds. The number of aryl methyl sites for hydroxylation is 1. The predicted molar refractivity (Wildman–Crippen MR) is 59.1 cm³/mol. The van der Waals surface area contributed by atoms with Gasteiger partial charge >= 0.3 is 0 Å². The van der Waals surface area contributed by atoms with E-state index in [1.165, 1.54) is 0 Å². The van der Waals surface area contributed by atoms with Crippen molar-refractivity contribution in [2.75, 3.05) is 0 Å². The molecule has 3 heteroatoms. The third-order valence-corrected chi connectivity index (χ3v) is 2.31. The van der Waals surface area contributed by atoms with E-state index in [0.717, 1.165) is 30.5 Å². The first kappa shape index (κ1) is 11.3. The second kappa shape index (κ2) is 5.22. The lowest BCUT2D eigenvalue weighted by atomic mass is 10.2. The first-order valence-electron chi connectivity index (χ1n) is 5.13. The van der Waals surface area contributed by atoms with Crippen molar-refractivity contribution in [1.82, 2.24) is 9.78 Å². The maximum absolute atomic E-state index is 8.87. The molecule has 0 saturated carbocycles. The third-order valence-electron chi connectivity index (χ3n) is 2.31. The highest BCUT2D eigenvalue weighted by Gasteiger charge is 2.09.